The van der Waals surface area contributed by atoms with E-state index < -0.39 is 0 Å². The first-order valence-electron chi connectivity index (χ1n) is 5.92. The molecule has 18 heavy (non-hydrogen) atoms. The molecule has 0 saturated carbocycles. The van der Waals surface area contributed by atoms with Crippen LogP contribution in [0.15, 0.2) is 40.2 Å². The standard InChI is InChI=1S/C14H15BrFNS/c1-2-17-13(9-14-11(15)7-8-18-14)10-5-3-4-6-12(10)16/h3-8,13,17H,2,9H2,1H3. The Bertz CT molecular complexity index is 512. The van der Waals surface area contributed by atoms with Crippen LogP contribution >= 0.6 is 27.3 Å². The van der Waals surface area contributed by atoms with Gasteiger partial charge >= 0.3 is 0 Å². The largest absolute Gasteiger partial charge is 0.310 e. The summed E-state index contributed by atoms with van der Waals surface area (Å²) in [6.45, 7) is 2.86. The van der Waals surface area contributed by atoms with Crippen molar-refractivity contribution in [3.05, 3.63) is 56.4 Å². The highest BCUT2D eigenvalue weighted by atomic mass is 79.9. The van der Waals surface area contributed by atoms with Crippen LogP contribution in [0.5, 0.6) is 0 Å². The van der Waals surface area contributed by atoms with Gasteiger partial charge in [0, 0.05) is 27.4 Å². The lowest BCUT2D eigenvalue weighted by molar-refractivity contribution is 0.512. The molecule has 0 fully saturated rings. The van der Waals surface area contributed by atoms with Gasteiger partial charge in [-0.1, -0.05) is 25.1 Å². The van der Waals surface area contributed by atoms with Crippen LogP contribution in [-0.2, 0) is 6.42 Å². The van der Waals surface area contributed by atoms with E-state index in [0.717, 1.165) is 23.0 Å². The lowest BCUT2D eigenvalue weighted by atomic mass is 10.0. The van der Waals surface area contributed by atoms with E-state index in [1.807, 2.05) is 30.5 Å². The van der Waals surface area contributed by atoms with Gasteiger partial charge in [0.1, 0.15) is 5.82 Å². The molecule has 0 aliphatic carbocycles. The number of thiophene rings is 1. The van der Waals surface area contributed by atoms with E-state index in [1.165, 1.54) is 10.9 Å². The van der Waals surface area contributed by atoms with Gasteiger partial charge in [-0.25, -0.2) is 4.39 Å². The summed E-state index contributed by atoms with van der Waals surface area (Å²) >= 11 is 5.22. The quantitative estimate of drug-likeness (QED) is 0.849. The van der Waals surface area contributed by atoms with Gasteiger partial charge in [-0.2, -0.15) is 0 Å². The molecule has 1 heterocycles. The molecule has 1 atom stereocenters. The van der Waals surface area contributed by atoms with E-state index >= 15 is 0 Å². The van der Waals surface area contributed by atoms with Crippen LogP contribution in [0, 0.1) is 5.82 Å². The number of nitrogens with one attached hydrogen (secondary N) is 1. The molecule has 0 aliphatic heterocycles. The summed E-state index contributed by atoms with van der Waals surface area (Å²) in [5.41, 5.74) is 0.736. The van der Waals surface area contributed by atoms with Crippen LogP contribution in [0.1, 0.15) is 23.4 Å². The average Bonchev–Trinajstić information content (AvgIpc) is 2.75. The maximum Gasteiger partial charge on any atom is 0.127 e. The molecule has 0 bridgehead atoms. The topological polar surface area (TPSA) is 12.0 Å². The Morgan fingerprint density at radius 3 is 2.72 bits per heavy atom. The van der Waals surface area contributed by atoms with Crippen LogP contribution in [-0.4, -0.2) is 6.54 Å². The highest BCUT2D eigenvalue weighted by Crippen LogP contribution is 2.29. The first-order chi connectivity index (χ1) is 8.72. The lowest BCUT2D eigenvalue weighted by Crippen LogP contribution is -2.23. The van der Waals surface area contributed by atoms with Crippen molar-refractivity contribution in [2.75, 3.05) is 6.54 Å². The summed E-state index contributed by atoms with van der Waals surface area (Å²) in [7, 11) is 0. The van der Waals surface area contributed by atoms with Crippen LogP contribution in [0.25, 0.3) is 0 Å². The first-order valence-corrected chi connectivity index (χ1v) is 7.59. The predicted octanol–water partition coefficient (Wildman–Crippen LogP) is 4.54. The van der Waals surface area contributed by atoms with Crippen molar-refractivity contribution in [1.82, 2.24) is 5.32 Å². The van der Waals surface area contributed by atoms with Gasteiger partial charge in [0.15, 0.2) is 0 Å². The highest BCUT2D eigenvalue weighted by Gasteiger charge is 2.16. The monoisotopic (exact) mass is 327 g/mol. The molecular weight excluding hydrogens is 313 g/mol. The predicted molar refractivity (Wildman–Crippen MR) is 78.5 cm³/mol. The zero-order valence-electron chi connectivity index (χ0n) is 10.1. The van der Waals surface area contributed by atoms with Crippen molar-refractivity contribution in [3.8, 4) is 0 Å². The Morgan fingerprint density at radius 2 is 2.11 bits per heavy atom. The average molecular weight is 328 g/mol. The maximum atomic E-state index is 13.8. The third kappa shape index (κ3) is 3.19. The number of rotatable bonds is 5. The molecule has 2 rings (SSSR count). The second kappa shape index (κ2) is 6.45. The van der Waals surface area contributed by atoms with Gasteiger partial charge < -0.3 is 5.32 Å². The van der Waals surface area contributed by atoms with Gasteiger partial charge in [0.25, 0.3) is 0 Å². The molecule has 1 N–H and O–H groups in total. The Hall–Kier alpha value is -0.710. The smallest absolute Gasteiger partial charge is 0.127 e. The molecule has 2 aromatic rings. The summed E-state index contributed by atoms with van der Waals surface area (Å²) in [5, 5.41) is 5.40. The molecule has 0 radical (unpaired) electrons. The highest BCUT2D eigenvalue weighted by molar-refractivity contribution is 9.10. The third-order valence-electron chi connectivity index (χ3n) is 2.81. The molecule has 0 aliphatic rings. The van der Waals surface area contributed by atoms with Crippen molar-refractivity contribution < 1.29 is 4.39 Å². The van der Waals surface area contributed by atoms with E-state index in [4.69, 9.17) is 0 Å². The normalized spacial score (nSPS) is 12.6. The minimum atomic E-state index is -0.142. The van der Waals surface area contributed by atoms with Crippen molar-refractivity contribution >= 4 is 27.3 Å². The Kier molecular flexibility index (Phi) is 4.92. The summed E-state index contributed by atoms with van der Waals surface area (Å²) in [5.74, 6) is -0.142. The van der Waals surface area contributed by atoms with Crippen LogP contribution in [0.2, 0.25) is 0 Å². The molecule has 0 spiro atoms. The molecule has 1 unspecified atom stereocenters. The van der Waals surface area contributed by atoms with Gasteiger partial charge in [-0.15, -0.1) is 11.3 Å². The van der Waals surface area contributed by atoms with E-state index in [-0.39, 0.29) is 11.9 Å². The summed E-state index contributed by atoms with van der Waals surface area (Å²) in [6.07, 6.45) is 0.799. The molecule has 0 amide bonds. The van der Waals surface area contributed by atoms with Crippen LogP contribution < -0.4 is 5.32 Å². The molecule has 1 nitrogen and oxygen atoms in total. The Morgan fingerprint density at radius 1 is 1.33 bits per heavy atom. The molecule has 1 aromatic carbocycles. The molecule has 96 valence electrons. The van der Waals surface area contributed by atoms with Crippen LogP contribution in [0.3, 0.4) is 0 Å². The number of hydrogen-bond acceptors (Lipinski definition) is 2. The van der Waals surface area contributed by atoms with Crippen molar-refractivity contribution in [2.45, 2.75) is 19.4 Å². The third-order valence-corrected chi connectivity index (χ3v) is 4.76. The zero-order chi connectivity index (χ0) is 13.0. The number of likely N-dealkylation sites (N-methyl/N-ethyl adjacent to an activating group) is 1. The summed E-state index contributed by atoms with van der Waals surface area (Å²) in [4.78, 5) is 1.24. The SMILES string of the molecule is CCNC(Cc1sccc1Br)c1ccccc1F. The van der Waals surface area contributed by atoms with E-state index in [9.17, 15) is 4.39 Å². The van der Waals surface area contributed by atoms with E-state index in [0.29, 0.717) is 0 Å². The second-order valence-electron chi connectivity index (χ2n) is 4.03. The number of benzene rings is 1. The van der Waals surface area contributed by atoms with Crippen molar-refractivity contribution in [2.24, 2.45) is 0 Å². The number of hydrogen-bond donors (Lipinski definition) is 1. The summed E-state index contributed by atoms with van der Waals surface area (Å²) in [6, 6.07) is 9.03. The van der Waals surface area contributed by atoms with Gasteiger partial charge in [0.05, 0.1) is 0 Å². The Balaban J connectivity index is 2.24. The maximum absolute atomic E-state index is 13.8. The minimum absolute atomic E-state index is 0.0196. The van der Waals surface area contributed by atoms with Gasteiger partial charge in [-0.05, 0) is 40.0 Å². The fourth-order valence-corrected chi connectivity index (χ4v) is 3.51. The van der Waals surface area contributed by atoms with Gasteiger partial charge in [-0.3, -0.25) is 0 Å². The van der Waals surface area contributed by atoms with Crippen molar-refractivity contribution in [1.29, 1.82) is 0 Å². The molecule has 0 saturated heterocycles. The van der Waals surface area contributed by atoms with Crippen LogP contribution in [0.4, 0.5) is 4.39 Å². The zero-order valence-corrected chi connectivity index (χ0v) is 12.5. The Labute approximate surface area is 119 Å². The second-order valence-corrected chi connectivity index (χ2v) is 5.88. The van der Waals surface area contributed by atoms with E-state index in [1.54, 1.807) is 17.4 Å². The van der Waals surface area contributed by atoms with Gasteiger partial charge in [0.2, 0.25) is 0 Å². The lowest BCUT2D eigenvalue weighted by Gasteiger charge is -2.18. The molecule has 1 aromatic heterocycles. The molecular formula is C14H15BrFNS. The fourth-order valence-electron chi connectivity index (χ4n) is 1.95. The van der Waals surface area contributed by atoms with Crippen molar-refractivity contribution in [3.63, 3.8) is 0 Å². The minimum Gasteiger partial charge on any atom is -0.310 e. The number of halogens is 2. The molecule has 4 heteroatoms. The first kappa shape index (κ1) is 13.7. The fraction of sp³-hybridized carbons (Fsp3) is 0.286. The summed E-state index contributed by atoms with van der Waals surface area (Å²) < 4.78 is 14.9. The van der Waals surface area contributed by atoms with E-state index in [2.05, 4.69) is 21.2 Å².